The molecule has 3 N–H and O–H groups in total. The van der Waals surface area contributed by atoms with Crippen LogP contribution >= 0.6 is 11.6 Å². The van der Waals surface area contributed by atoms with Crippen molar-refractivity contribution in [2.24, 2.45) is 0 Å². The Balaban J connectivity index is 0.000000235. The van der Waals surface area contributed by atoms with Gasteiger partial charge in [-0.1, -0.05) is 11.6 Å². The van der Waals surface area contributed by atoms with Crippen LogP contribution in [0.3, 0.4) is 0 Å². The van der Waals surface area contributed by atoms with Gasteiger partial charge in [0.25, 0.3) is 11.5 Å². The summed E-state index contributed by atoms with van der Waals surface area (Å²) in [6.07, 6.45) is 1.82. The molecular weight excluding hydrogens is 298 g/mol. The van der Waals surface area contributed by atoms with Crippen molar-refractivity contribution in [3.8, 4) is 0 Å². The number of carboxylic acid groups (broad SMARTS) is 1. The number of hydrogen-bond donors (Lipinski definition) is 1. The van der Waals surface area contributed by atoms with Crippen molar-refractivity contribution in [1.82, 2.24) is 0 Å². The Morgan fingerprint density at radius 3 is 2.38 bits per heavy atom. The van der Waals surface area contributed by atoms with Crippen molar-refractivity contribution in [2.75, 3.05) is 5.73 Å². The number of anilines is 1. The Labute approximate surface area is 125 Å². The first-order valence-corrected chi connectivity index (χ1v) is 6.08. The van der Waals surface area contributed by atoms with Gasteiger partial charge in [-0.2, -0.15) is 0 Å². The van der Waals surface area contributed by atoms with Crippen LogP contribution < -0.4 is 15.8 Å². The van der Waals surface area contributed by atoms with Gasteiger partial charge in [-0.25, -0.2) is 4.98 Å². The van der Waals surface area contributed by atoms with Gasteiger partial charge in [-0.15, -0.1) is 0 Å². The number of aromatic amines is 1. The molecule has 7 nitrogen and oxygen atoms in total. The average molecular weight is 310 g/mol. The summed E-state index contributed by atoms with van der Waals surface area (Å²) in [7, 11) is 0. The first-order chi connectivity index (χ1) is 9.81. The molecule has 1 aromatic heterocycles. The van der Waals surface area contributed by atoms with Gasteiger partial charge in [-0.05, 0) is 24.6 Å². The van der Waals surface area contributed by atoms with E-state index in [-0.39, 0.29) is 16.3 Å². The number of carboxylic acids is 1. The number of pyridine rings is 1. The van der Waals surface area contributed by atoms with Crippen molar-refractivity contribution in [3.05, 3.63) is 62.8 Å². The van der Waals surface area contributed by atoms with E-state index < -0.39 is 10.9 Å². The highest BCUT2D eigenvalue weighted by Gasteiger charge is 2.09. The summed E-state index contributed by atoms with van der Waals surface area (Å²) in [5.41, 5.74) is 6.07. The van der Waals surface area contributed by atoms with Crippen LogP contribution in [0.1, 0.15) is 15.9 Å². The van der Waals surface area contributed by atoms with Crippen LogP contribution in [0.15, 0.2) is 36.5 Å². The molecule has 0 aliphatic rings. The predicted molar refractivity (Wildman–Crippen MR) is 74.6 cm³/mol. The molecule has 0 saturated heterocycles. The Bertz CT molecular complexity index is 659. The number of aryl methyl sites for hydroxylation is 1. The van der Waals surface area contributed by atoms with E-state index in [9.17, 15) is 20.0 Å². The van der Waals surface area contributed by atoms with E-state index in [0.29, 0.717) is 5.82 Å². The summed E-state index contributed by atoms with van der Waals surface area (Å²) in [6, 6.07) is 6.91. The van der Waals surface area contributed by atoms with Crippen LogP contribution in [0, 0.1) is 17.0 Å². The van der Waals surface area contributed by atoms with E-state index in [1.807, 2.05) is 25.3 Å². The highest BCUT2D eigenvalue weighted by molar-refractivity contribution is 6.33. The van der Waals surface area contributed by atoms with Crippen molar-refractivity contribution in [2.45, 2.75) is 6.92 Å². The first kappa shape index (κ1) is 16.4. The fourth-order valence-electron chi connectivity index (χ4n) is 1.39. The number of nitrogens with zero attached hydrogens (tertiary/aromatic N) is 1. The zero-order valence-corrected chi connectivity index (χ0v) is 11.8. The molecule has 0 atom stereocenters. The molecule has 1 aromatic carbocycles. The molecule has 21 heavy (non-hydrogen) atoms. The molecule has 0 bridgehead atoms. The van der Waals surface area contributed by atoms with Crippen molar-refractivity contribution in [3.63, 3.8) is 0 Å². The zero-order valence-electron chi connectivity index (χ0n) is 11.0. The monoisotopic (exact) mass is 309 g/mol. The van der Waals surface area contributed by atoms with Crippen LogP contribution in [0.2, 0.25) is 5.02 Å². The largest absolute Gasteiger partial charge is 0.545 e. The Hall–Kier alpha value is -2.67. The minimum Gasteiger partial charge on any atom is -0.545 e. The lowest BCUT2D eigenvalue weighted by atomic mass is 10.2. The lowest BCUT2D eigenvalue weighted by Gasteiger charge is -2.03. The molecule has 0 spiro atoms. The third kappa shape index (κ3) is 5.07. The molecule has 8 heteroatoms. The highest BCUT2D eigenvalue weighted by atomic mass is 35.5. The smallest absolute Gasteiger partial charge is 0.270 e. The Kier molecular flexibility index (Phi) is 5.62. The number of rotatable bonds is 2. The minimum absolute atomic E-state index is 0.200. The van der Waals surface area contributed by atoms with E-state index in [1.165, 1.54) is 5.56 Å². The topological polar surface area (TPSA) is 123 Å². The van der Waals surface area contributed by atoms with Gasteiger partial charge in [0.05, 0.1) is 22.1 Å². The molecule has 0 fully saturated rings. The number of nitrogens with one attached hydrogen (secondary N) is 1. The summed E-state index contributed by atoms with van der Waals surface area (Å²) >= 11 is 5.44. The van der Waals surface area contributed by atoms with Gasteiger partial charge in [0.1, 0.15) is 0 Å². The van der Waals surface area contributed by atoms with Gasteiger partial charge in [0.15, 0.2) is 0 Å². The Morgan fingerprint density at radius 2 is 2.00 bits per heavy atom. The molecule has 0 aliphatic heterocycles. The molecule has 0 aliphatic carbocycles. The van der Waals surface area contributed by atoms with Gasteiger partial charge >= 0.3 is 0 Å². The quantitative estimate of drug-likeness (QED) is 0.654. The van der Waals surface area contributed by atoms with Crippen molar-refractivity contribution < 1.29 is 19.8 Å². The van der Waals surface area contributed by atoms with Crippen LogP contribution in [-0.4, -0.2) is 10.9 Å². The van der Waals surface area contributed by atoms with Crippen LogP contribution in [0.4, 0.5) is 11.5 Å². The number of carbonyl (C=O) groups is 1. The number of nitrogen functional groups attached to an aromatic ring is 1. The number of aromatic nitrogens is 1. The minimum atomic E-state index is -1.46. The summed E-state index contributed by atoms with van der Waals surface area (Å²) in [5.74, 6) is -0.745. The van der Waals surface area contributed by atoms with Crippen LogP contribution in [0.5, 0.6) is 0 Å². The van der Waals surface area contributed by atoms with Crippen LogP contribution in [-0.2, 0) is 0 Å². The molecule has 0 amide bonds. The molecular formula is C13H12ClN3O4. The number of nitrogens with two attached hydrogens (primary N) is 1. The van der Waals surface area contributed by atoms with E-state index in [1.54, 1.807) is 0 Å². The second-order valence-corrected chi connectivity index (χ2v) is 4.44. The van der Waals surface area contributed by atoms with Gasteiger partial charge < -0.3 is 9.90 Å². The number of aromatic carboxylic acids is 1. The lowest BCUT2D eigenvalue weighted by molar-refractivity contribution is -0.384. The average Bonchev–Trinajstić information content (AvgIpc) is 2.38. The molecule has 2 rings (SSSR count). The van der Waals surface area contributed by atoms with Gasteiger partial charge in [-0.3, -0.25) is 15.8 Å². The fraction of sp³-hybridized carbons (Fsp3) is 0.0769. The number of nitro groups is 1. The maximum atomic E-state index is 10.3. The lowest BCUT2D eigenvalue weighted by Crippen LogP contribution is -2.22. The fourth-order valence-corrected chi connectivity index (χ4v) is 1.64. The molecule has 110 valence electrons. The number of hydrogen-bond acceptors (Lipinski definition) is 5. The van der Waals surface area contributed by atoms with Gasteiger partial charge in [0.2, 0.25) is 0 Å². The standard InChI is InChI=1S/C7H4ClNO4.C6H8N2/c8-6-3-4(9(12)13)1-2-5(6)7(10)11;1-5-2-3-8-6(7)4-5/h1-3H,(H,10,11);2-4H,1H3,(H2,7,8). The summed E-state index contributed by atoms with van der Waals surface area (Å²) in [6.45, 7) is 2.00. The van der Waals surface area contributed by atoms with Gasteiger partial charge in [0, 0.05) is 23.8 Å². The first-order valence-electron chi connectivity index (χ1n) is 5.70. The second kappa shape index (κ2) is 7.20. The van der Waals surface area contributed by atoms with E-state index in [4.69, 9.17) is 17.3 Å². The molecule has 0 unspecified atom stereocenters. The Morgan fingerprint density at radius 1 is 1.33 bits per heavy atom. The number of halogens is 1. The van der Waals surface area contributed by atoms with Crippen molar-refractivity contribution in [1.29, 1.82) is 0 Å². The number of H-pyrrole nitrogens is 1. The van der Waals surface area contributed by atoms with Crippen molar-refractivity contribution >= 4 is 29.1 Å². The third-order valence-electron chi connectivity index (χ3n) is 2.36. The number of carbonyl (C=O) groups excluding carboxylic acids is 1. The van der Waals surface area contributed by atoms with E-state index in [2.05, 4.69) is 4.98 Å². The molecule has 0 saturated carbocycles. The maximum absolute atomic E-state index is 10.3. The normalized spacial score (nSPS) is 9.43. The summed E-state index contributed by atoms with van der Waals surface area (Å²) < 4.78 is 0. The van der Waals surface area contributed by atoms with Crippen LogP contribution in [0.25, 0.3) is 0 Å². The zero-order chi connectivity index (χ0) is 16.0. The number of nitro benzene ring substituents is 1. The molecule has 1 heterocycles. The predicted octanol–water partition coefficient (Wildman–Crippen LogP) is 1.00. The highest BCUT2D eigenvalue weighted by Crippen LogP contribution is 2.21. The second-order valence-electron chi connectivity index (χ2n) is 4.03. The summed E-state index contributed by atoms with van der Waals surface area (Å²) in [5, 5.41) is 20.4. The van der Waals surface area contributed by atoms with E-state index in [0.717, 1.165) is 18.2 Å². The number of benzene rings is 1. The van der Waals surface area contributed by atoms with E-state index >= 15 is 0 Å². The molecule has 0 radical (unpaired) electrons. The maximum Gasteiger partial charge on any atom is 0.270 e. The summed E-state index contributed by atoms with van der Waals surface area (Å²) in [4.78, 5) is 22.7. The SMILES string of the molecule is Cc1cc[nH+]c(N)c1.O=C([O-])c1ccc([N+](=O)[O-])cc1Cl. The number of non-ortho nitro benzene ring substituents is 1. The molecule has 2 aromatic rings. The third-order valence-corrected chi connectivity index (χ3v) is 2.68.